The summed E-state index contributed by atoms with van der Waals surface area (Å²) in [7, 11) is 1.84. The lowest BCUT2D eigenvalue weighted by atomic mass is 9.99. The van der Waals surface area contributed by atoms with Gasteiger partial charge in [0.25, 0.3) is 0 Å². The number of fused-ring (bicyclic) bond motifs is 1. The van der Waals surface area contributed by atoms with E-state index in [0.717, 1.165) is 47.5 Å². The lowest BCUT2D eigenvalue weighted by Crippen LogP contribution is -2.55. The minimum absolute atomic E-state index is 0.142. The first kappa shape index (κ1) is 19.7. The molecular formula is C26H28N4O. The van der Waals surface area contributed by atoms with Gasteiger partial charge in [-0.2, -0.15) is 0 Å². The van der Waals surface area contributed by atoms with E-state index in [9.17, 15) is 4.79 Å². The molecule has 3 aromatic rings. The first-order chi connectivity index (χ1) is 15.2. The number of hydrogen-bond donors (Lipinski definition) is 0. The van der Waals surface area contributed by atoms with Crippen molar-refractivity contribution in [3.8, 4) is 22.5 Å². The predicted molar refractivity (Wildman–Crippen MR) is 125 cm³/mol. The Labute approximate surface area is 183 Å². The monoisotopic (exact) mass is 412 g/mol. The van der Waals surface area contributed by atoms with Gasteiger partial charge < -0.3 is 9.80 Å². The highest BCUT2D eigenvalue weighted by atomic mass is 16.2. The minimum atomic E-state index is -0.160. The molecule has 1 fully saturated rings. The van der Waals surface area contributed by atoms with Gasteiger partial charge in [-0.15, -0.1) is 0 Å². The van der Waals surface area contributed by atoms with E-state index in [2.05, 4.69) is 42.2 Å². The lowest BCUT2D eigenvalue weighted by Gasteiger charge is -2.43. The molecule has 0 spiro atoms. The van der Waals surface area contributed by atoms with Crippen molar-refractivity contribution < 1.29 is 4.79 Å². The van der Waals surface area contributed by atoms with Crippen LogP contribution in [-0.4, -0.2) is 35.0 Å². The minimum Gasteiger partial charge on any atom is -0.340 e. The molecule has 1 aliphatic carbocycles. The van der Waals surface area contributed by atoms with Gasteiger partial charge in [-0.25, -0.2) is 9.97 Å². The number of benzene rings is 2. The second-order valence-electron chi connectivity index (χ2n) is 8.48. The zero-order chi connectivity index (χ0) is 21.4. The standard InChI is InChI=1S/C26H28N4O/c1-3-22-26(31)29(2)23-17-27-24(28-25(23)30(22)19-13-7-8-14-19)21-16-10-9-15-20(21)18-11-5-4-6-12-18/h4-6,9-12,15-17,19,22H,3,7-8,13-14H2,1-2H3/t22-/m1/s1. The molecule has 2 aliphatic rings. The van der Waals surface area contributed by atoms with Crippen molar-refractivity contribution >= 4 is 17.4 Å². The molecule has 1 aromatic heterocycles. The summed E-state index contributed by atoms with van der Waals surface area (Å²) in [6.45, 7) is 2.09. The van der Waals surface area contributed by atoms with Crippen LogP contribution in [0.2, 0.25) is 0 Å². The van der Waals surface area contributed by atoms with E-state index in [4.69, 9.17) is 9.97 Å². The third-order valence-electron chi connectivity index (χ3n) is 6.66. The molecule has 0 bridgehead atoms. The number of amides is 1. The molecule has 0 saturated heterocycles. The van der Waals surface area contributed by atoms with Crippen LogP contribution in [0.5, 0.6) is 0 Å². The fourth-order valence-corrected chi connectivity index (χ4v) is 5.06. The lowest BCUT2D eigenvalue weighted by molar-refractivity contribution is -0.120. The molecule has 5 rings (SSSR count). The molecule has 158 valence electrons. The maximum atomic E-state index is 13.1. The SMILES string of the molecule is CC[C@@H]1C(=O)N(C)c2cnc(-c3ccccc3-c3ccccc3)nc2N1C1CCCC1. The van der Waals surface area contributed by atoms with Crippen molar-refractivity contribution in [3.63, 3.8) is 0 Å². The average molecular weight is 413 g/mol. The summed E-state index contributed by atoms with van der Waals surface area (Å²) in [5.74, 6) is 1.75. The number of aromatic nitrogens is 2. The summed E-state index contributed by atoms with van der Waals surface area (Å²) in [6.07, 6.45) is 7.27. The highest BCUT2D eigenvalue weighted by molar-refractivity contribution is 6.04. The largest absolute Gasteiger partial charge is 0.340 e. The molecule has 1 aliphatic heterocycles. The Morgan fingerprint density at radius 1 is 0.968 bits per heavy atom. The molecule has 0 N–H and O–H groups in total. The maximum absolute atomic E-state index is 13.1. The summed E-state index contributed by atoms with van der Waals surface area (Å²) in [6, 6.07) is 18.8. The molecule has 0 radical (unpaired) electrons. The van der Waals surface area contributed by atoms with Crippen LogP contribution in [0, 0.1) is 0 Å². The number of hydrogen-bond acceptors (Lipinski definition) is 4. The number of nitrogens with zero attached hydrogens (tertiary/aromatic N) is 4. The van der Waals surface area contributed by atoms with E-state index < -0.39 is 0 Å². The zero-order valence-electron chi connectivity index (χ0n) is 18.2. The van der Waals surface area contributed by atoms with Crippen LogP contribution in [0.1, 0.15) is 39.0 Å². The fourth-order valence-electron chi connectivity index (χ4n) is 5.06. The number of anilines is 2. The van der Waals surface area contributed by atoms with Gasteiger partial charge in [0.1, 0.15) is 11.7 Å². The van der Waals surface area contributed by atoms with Crippen LogP contribution >= 0.6 is 0 Å². The summed E-state index contributed by atoms with van der Waals surface area (Å²) >= 11 is 0. The van der Waals surface area contributed by atoms with Crippen molar-refractivity contribution in [3.05, 3.63) is 60.8 Å². The average Bonchev–Trinajstić information content (AvgIpc) is 3.36. The maximum Gasteiger partial charge on any atom is 0.249 e. The molecular weight excluding hydrogens is 384 g/mol. The van der Waals surface area contributed by atoms with Crippen LogP contribution in [0.25, 0.3) is 22.5 Å². The van der Waals surface area contributed by atoms with Crippen molar-refractivity contribution in [2.75, 3.05) is 16.8 Å². The van der Waals surface area contributed by atoms with Crippen molar-refractivity contribution in [1.82, 2.24) is 9.97 Å². The van der Waals surface area contributed by atoms with Crippen LogP contribution < -0.4 is 9.80 Å². The molecule has 0 unspecified atom stereocenters. The Kier molecular flexibility index (Phi) is 5.18. The number of carbonyl (C=O) groups excluding carboxylic acids is 1. The van der Waals surface area contributed by atoms with Gasteiger partial charge in [0, 0.05) is 18.7 Å². The summed E-state index contributed by atoms with van der Waals surface area (Å²) in [5.41, 5.74) is 4.08. The first-order valence-corrected chi connectivity index (χ1v) is 11.3. The third-order valence-corrected chi connectivity index (χ3v) is 6.66. The number of rotatable bonds is 4. The molecule has 2 aromatic carbocycles. The van der Waals surface area contributed by atoms with E-state index in [1.807, 2.05) is 37.5 Å². The van der Waals surface area contributed by atoms with Crippen molar-refractivity contribution in [2.24, 2.45) is 0 Å². The van der Waals surface area contributed by atoms with Gasteiger partial charge in [0.05, 0.1) is 6.20 Å². The number of likely N-dealkylation sites (N-methyl/N-ethyl adjacent to an activating group) is 1. The zero-order valence-corrected chi connectivity index (χ0v) is 18.2. The van der Waals surface area contributed by atoms with Gasteiger partial charge in [-0.3, -0.25) is 4.79 Å². The predicted octanol–water partition coefficient (Wildman–Crippen LogP) is 5.31. The van der Waals surface area contributed by atoms with E-state index in [0.29, 0.717) is 11.9 Å². The Hall–Kier alpha value is -3.21. The van der Waals surface area contributed by atoms with E-state index >= 15 is 0 Å². The smallest absolute Gasteiger partial charge is 0.249 e. The van der Waals surface area contributed by atoms with Gasteiger partial charge in [0.15, 0.2) is 11.6 Å². The Bertz CT molecular complexity index is 1090. The molecule has 2 heterocycles. The Morgan fingerprint density at radius 3 is 2.35 bits per heavy atom. The van der Waals surface area contributed by atoms with E-state index in [1.54, 1.807) is 4.90 Å². The Morgan fingerprint density at radius 2 is 1.65 bits per heavy atom. The molecule has 1 saturated carbocycles. The first-order valence-electron chi connectivity index (χ1n) is 11.3. The normalized spacial score (nSPS) is 19.0. The second kappa shape index (κ2) is 8.14. The molecule has 1 atom stereocenters. The summed E-state index contributed by atoms with van der Waals surface area (Å²) < 4.78 is 0. The van der Waals surface area contributed by atoms with E-state index in [-0.39, 0.29) is 11.9 Å². The molecule has 5 heteroatoms. The second-order valence-corrected chi connectivity index (χ2v) is 8.48. The molecule has 5 nitrogen and oxygen atoms in total. The van der Waals surface area contributed by atoms with Crippen LogP contribution in [0.15, 0.2) is 60.8 Å². The summed E-state index contributed by atoms with van der Waals surface area (Å²) in [4.78, 5) is 27.0. The van der Waals surface area contributed by atoms with Gasteiger partial charge in [0.2, 0.25) is 5.91 Å². The highest BCUT2D eigenvalue weighted by Gasteiger charge is 2.41. The summed E-state index contributed by atoms with van der Waals surface area (Å²) in [5, 5.41) is 0. The quantitative estimate of drug-likeness (QED) is 0.582. The Balaban J connectivity index is 1.66. The van der Waals surface area contributed by atoms with Crippen molar-refractivity contribution in [2.45, 2.75) is 51.1 Å². The third kappa shape index (κ3) is 3.38. The van der Waals surface area contributed by atoms with Crippen LogP contribution in [0.4, 0.5) is 11.5 Å². The fraction of sp³-hybridized carbons (Fsp3) is 0.346. The van der Waals surface area contributed by atoms with Gasteiger partial charge >= 0.3 is 0 Å². The highest BCUT2D eigenvalue weighted by Crippen LogP contribution is 2.41. The molecule has 1 amide bonds. The van der Waals surface area contributed by atoms with Gasteiger partial charge in [-0.1, -0.05) is 74.4 Å². The van der Waals surface area contributed by atoms with Crippen molar-refractivity contribution in [1.29, 1.82) is 0 Å². The molecule has 31 heavy (non-hydrogen) atoms. The van der Waals surface area contributed by atoms with E-state index in [1.165, 1.54) is 12.8 Å². The topological polar surface area (TPSA) is 49.3 Å². The van der Waals surface area contributed by atoms with Crippen LogP contribution in [0.3, 0.4) is 0 Å². The number of carbonyl (C=O) groups is 1. The van der Waals surface area contributed by atoms with Crippen LogP contribution in [-0.2, 0) is 4.79 Å². The van der Waals surface area contributed by atoms with Gasteiger partial charge in [-0.05, 0) is 30.4 Å².